The molecule has 4 heteroatoms. The van der Waals surface area contributed by atoms with Crippen molar-refractivity contribution in [2.45, 2.75) is 46.1 Å². The van der Waals surface area contributed by atoms with E-state index < -0.39 is 0 Å². The van der Waals surface area contributed by atoms with Crippen LogP contribution in [0, 0.1) is 5.92 Å². The molecule has 1 aliphatic rings. The number of rotatable bonds is 3. The lowest BCUT2D eigenvalue weighted by Gasteiger charge is -2.18. The summed E-state index contributed by atoms with van der Waals surface area (Å²) in [6, 6.07) is 0.431. The number of aryl methyl sites for hydroxylation is 2. The molecule has 1 atom stereocenters. The summed E-state index contributed by atoms with van der Waals surface area (Å²) in [5, 5.41) is 4.84. The summed E-state index contributed by atoms with van der Waals surface area (Å²) in [5.74, 6) is 1.63. The van der Waals surface area contributed by atoms with Gasteiger partial charge in [-0.3, -0.25) is 0 Å². The van der Waals surface area contributed by atoms with Crippen molar-refractivity contribution in [1.82, 2.24) is 9.97 Å². The van der Waals surface area contributed by atoms with E-state index in [2.05, 4.69) is 36.1 Å². The van der Waals surface area contributed by atoms with Crippen molar-refractivity contribution >= 4 is 27.4 Å². The van der Waals surface area contributed by atoms with Gasteiger partial charge in [-0.1, -0.05) is 13.8 Å². The molecule has 0 spiro atoms. The van der Waals surface area contributed by atoms with Gasteiger partial charge in [-0.05, 0) is 37.7 Å². The fourth-order valence-electron chi connectivity index (χ4n) is 2.42. The van der Waals surface area contributed by atoms with E-state index in [0.29, 0.717) is 12.0 Å². The van der Waals surface area contributed by atoms with Crippen molar-refractivity contribution in [1.29, 1.82) is 0 Å². The van der Waals surface area contributed by atoms with E-state index in [1.807, 2.05) is 11.3 Å². The van der Waals surface area contributed by atoms with E-state index in [0.717, 1.165) is 10.6 Å². The van der Waals surface area contributed by atoms with E-state index in [1.165, 1.54) is 35.1 Å². The molecule has 0 amide bonds. The van der Waals surface area contributed by atoms with Crippen LogP contribution in [0.15, 0.2) is 6.33 Å². The fourth-order valence-corrected chi connectivity index (χ4v) is 3.65. The lowest BCUT2D eigenvalue weighted by atomic mass is 10.1. The number of fused-ring (bicyclic) bond motifs is 3. The predicted octanol–water partition coefficient (Wildman–Crippen LogP) is 3.64. The highest BCUT2D eigenvalue weighted by Gasteiger charge is 2.21. The third kappa shape index (κ3) is 1.88. The molecule has 3 rings (SSSR count). The summed E-state index contributed by atoms with van der Waals surface area (Å²) >= 11 is 1.84. The van der Waals surface area contributed by atoms with Gasteiger partial charge in [0.15, 0.2) is 0 Å². The van der Waals surface area contributed by atoms with E-state index in [9.17, 15) is 0 Å². The van der Waals surface area contributed by atoms with Gasteiger partial charge < -0.3 is 5.32 Å². The van der Waals surface area contributed by atoms with Gasteiger partial charge in [0.1, 0.15) is 17.0 Å². The van der Waals surface area contributed by atoms with Gasteiger partial charge in [-0.25, -0.2) is 9.97 Å². The van der Waals surface area contributed by atoms with E-state index >= 15 is 0 Å². The summed E-state index contributed by atoms with van der Waals surface area (Å²) in [6.07, 6.45) is 5.37. The Bertz CT molecular complexity index is 574. The largest absolute Gasteiger partial charge is 0.367 e. The molecule has 0 aliphatic heterocycles. The minimum absolute atomic E-state index is 0.431. The Labute approximate surface area is 112 Å². The molecule has 0 saturated heterocycles. The SMILES string of the molecule is CC(C)C(C)Nc1ncnc2sc3c(c12)CCC3. The molecule has 1 N–H and O–H groups in total. The first-order chi connectivity index (χ1) is 8.66. The normalized spacial score (nSPS) is 16.2. The molecule has 1 aliphatic carbocycles. The molecule has 2 aromatic heterocycles. The highest BCUT2D eigenvalue weighted by molar-refractivity contribution is 7.19. The van der Waals surface area contributed by atoms with Gasteiger partial charge in [-0.15, -0.1) is 11.3 Å². The molecule has 18 heavy (non-hydrogen) atoms. The third-order valence-electron chi connectivity index (χ3n) is 3.87. The van der Waals surface area contributed by atoms with Gasteiger partial charge >= 0.3 is 0 Å². The molecule has 0 radical (unpaired) electrons. The van der Waals surface area contributed by atoms with Crippen molar-refractivity contribution in [2.24, 2.45) is 5.92 Å². The maximum atomic E-state index is 4.46. The van der Waals surface area contributed by atoms with Crippen LogP contribution in [0.3, 0.4) is 0 Å². The smallest absolute Gasteiger partial charge is 0.138 e. The number of anilines is 1. The number of nitrogens with one attached hydrogen (secondary N) is 1. The van der Waals surface area contributed by atoms with Crippen LogP contribution in [0.25, 0.3) is 10.2 Å². The Balaban J connectivity index is 2.06. The summed E-state index contributed by atoms with van der Waals surface area (Å²) in [5.41, 5.74) is 1.49. The maximum absolute atomic E-state index is 4.46. The van der Waals surface area contributed by atoms with Gasteiger partial charge in [0, 0.05) is 10.9 Å². The zero-order chi connectivity index (χ0) is 12.7. The minimum Gasteiger partial charge on any atom is -0.367 e. The summed E-state index contributed by atoms with van der Waals surface area (Å²) in [6.45, 7) is 6.67. The molecular formula is C14H19N3S. The molecule has 0 aromatic carbocycles. The van der Waals surface area contributed by atoms with E-state index in [-0.39, 0.29) is 0 Å². The Hall–Kier alpha value is -1.16. The lowest BCUT2D eigenvalue weighted by Crippen LogP contribution is -2.22. The second-order valence-electron chi connectivity index (χ2n) is 5.44. The number of thiophene rings is 1. The second-order valence-corrected chi connectivity index (χ2v) is 6.52. The van der Waals surface area contributed by atoms with E-state index in [4.69, 9.17) is 0 Å². The summed E-state index contributed by atoms with van der Waals surface area (Å²) < 4.78 is 0. The average molecular weight is 261 g/mol. The fraction of sp³-hybridized carbons (Fsp3) is 0.571. The standard InChI is InChI=1S/C14H19N3S/c1-8(2)9(3)17-13-12-10-5-4-6-11(10)18-14(12)16-7-15-13/h7-9H,4-6H2,1-3H3,(H,15,16,17). The zero-order valence-electron chi connectivity index (χ0n) is 11.2. The van der Waals surface area contributed by atoms with Crippen molar-refractivity contribution in [3.05, 3.63) is 16.8 Å². The average Bonchev–Trinajstić information content (AvgIpc) is 2.88. The van der Waals surface area contributed by atoms with Gasteiger partial charge in [0.2, 0.25) is 0 Å². The van der Waals surface area contributed by atoms with Crippen LogP contribution in [-0.4, -0.2) is 16.0 Å². The predicted molar refractivity (Wildman–Crippen MR) is 77.4 cm³/mol. The van der Waals surface area contributed by atoms with Gasteiger partial charge in [0.05, 0.1) is 5.39 Å². The summed E-state index contributed by atoms with van der Waals surface area (Å²) in [4.78, 5) is 11.6. The van der Waals surface area contributed by atoms with Crippen LogP contribution in [0.4, 0.5) is 5.82 Å². The van der Waals surface area contributed by atoms with Crippen LogP contribution in [0.1, 0.15) is 37.6 Å². The lowest BCUT2D eigenvalue weighted by molar-refractivity contribution is 0.559. The number of aromatic nitrogens is 2. The van der Waals surface area contributed by atoms with Crippen LogP contribution in [0.2, 0.25) is 0 Å². The number of hydrogen-bond donors (Lipinski definition) is 1. The maximum Gasteiger partial charge on any atom is 0.138 e. The minimum atomic E-state index is 0.431. The third-order valence-corrected chi connectivity index (χ3v) is 5.07. The molecular weight excluding hydrogens is 242 g/mol. The quantitative estimate of drug-likeness (QED) is 0.916. The zero-order valence-corrected chi connectivity index (χ0v) is 12.0. The molecule has 3 nitrogen and oxygen atoms in total. The van der Waals surface area contributed by atoms with Crippen molar-refractivity contribution in [3.63, 3.8) is 0 Å². The van der Waals surface area contributed by atoms with Crippen molar-refractivity contribution in [2.75, 3.05) is 5.32 Å². The second kappa shape index (κ2) is 4.50. The molecule has 0 bridgehead atoms. The van der Waals surface area contributed by atoms with Crippen LogP contribution in [-0.2, 0) is 12.8 Å². The van der Waals surface area contributed by atoms with Crippen LogP contribution in [0.5, 0.6) is 0 Å². The highest BCUT2D eigenvalue weighted by Crippen LogP contribution is 2.39. The Morgan fingerprint density at radius 3 is 2.83 bits per heavy atom. The number of hydrogen-bond acceptors (Lipinski definition) is 4. The Morgan fingerprint density at radius 1 is 1.22 bits per heavy atom. The van der Waals surface area contributed by atoms with Crippen LogP contribution >= 0.6 is 11.3 Å². The topological polar surface area (TPSA) is 37.8 Å². The first kappa shape index (κ1) is 11.9. The van der Waals surface area contributed by atoms with Crippen molar-refractivity contribution in [3.8, 4) is 0 Å². The molecule has 0 fully saturated rings. The van der Waals surface area contributed by atoms with Crippen LogP contribution < -0.4 is 5.32 Å². The molecule has 2 aromatic rings. The Kier molecular flexibility index (Phi) is 2.98. The van der Waals surface area contributed by atoms with E-state index in [1.54, 1.807) is 6.33 Å². The highest BCUT2D eigenvalue weighted by atomic mass is 32.1. The first-order valence-corrected chi connectivity index (χ1v) is 7.50. The number of nitrogens with zero attached hydrogens (tertiary/aromatic N) is 2. The van der Waals surface area contributed by atoms with Crippen molar-refractivity contribution < 1.29 is 0 Å². The first-order valence-electron chi connectivity index (χ1n) is 6.68. The molecule has 96 valence electrons. The monoisotopic (exact) mass is 261 g/mol. The van der Waals surface area contributed by atoms with Gasteiger partial charge in [0.25, 0.3) is 0 Å². The van der Waals surface area contributed by atoms with Gasteiger partial charge in [-0.2, -0.15) is 0 Å². The molecule has 2 heterocycles. The Morgan fingerprint density at radius 2 is 2.06 bits per heavy atom. The molecule has 0 saturated carbocycles. The molecule has 1 unspecified atom stereocenters. The summed E-state index contributed by atoms with van der Waals surface area (Å²) in [7, 11) is 0.